The lowest BCUT2D eigenvalue weighted by molar-refractivity contribution is 0.00986. The van der Waals surface area contributed by atoms with Crippen LogP contribution in [-0.4, -0.2) is 34.6 Å². The molecule has 4 heteroatoms. The van der Waals surface area contributed by atoms with E-state index in [1.807, 2.05) is 27.7 Å². The summed E-state index contributed by atoms with van der Waals surface area (Å²) in [6.45, 7) is 8.35. The van der Waals surface area contributed by atoms with Crippen LogP contribution < -0.4 is 0 Å². The van der Waals surface area contributed by atoms with Crippen molar-refractivity contribution >= 4 is 17.7 Å². The molecule has 0 aromatic carbocycles. The maximum absolute atomic E-state index is 12.0. The third-order valence-electron chi connectivity index (χ3n) is 2.71. The Balaban J connectivity index is 2.64. The van der Waals surface area contributed by atoms with Crippen LogP contribution in [0.1, 0.15) is 47.0 Å². The van der Waals surface area contributed by atoms with E-state index in [1.165, 1.54) is 0 Å². The number of carbonyl (C=O) groups excluding carboxylic acids is 1. The molecule has 0 bridgehead atoms. The lowest BCUT2D eigenvalue weighted by atomic mass is 10.0. The van der Waals surface area contributed by atoms with Crippen molar-refractivity contribution in [2.24, 2.45) is 0 Å². The van der Waals surface area contributed by atoms with Crippen molar-refractivity contribution in [3.8, 4) is 0 Å². The first kappa shape index (κ1) is 13.6. The van der Waals surface area contributed by atoms with Crippen LogP contribution in [-0.2, 0) is 4.74 Å². The molecule has 1 saturated heterocycles. The molecular formula is C12H22ClNO2. The second-order valence-corrected chi connectivity index (χ2v) is 6.10. The van der Waals surface area contributed by atoms with Gasteiger partial charge in [0.25, 0.3) is 0 Å². The number of amides is 1. The number of hydrogen-bond donors (Lipinski definition) is 0. The Hall–Kier alpha value is -0.440. The Morgan fingerprint density at radius 1 is 1.44 bits per heavy atom. The zero-order valence-electron chi connectivity index (χ0n) is 10.6. The highest BCUT2D eigenvalue weighted by Crippen LogP contribution is 2.24. The van der Waals surface area contributed by atoms with Gasteiger partial charge >= 0.3 is 6.09 Å². The van der Waals surface area contributed by atoms with Crippen molar-refractivity contribution in [1.82, 2.24) is 4.90 Å². The van der Waals surface area contributed by atoms with E-state index >= 15 is 0 Å². The SMILES string of the molecule is C[C@@H](Cl)[C@H]1CCCCN1C(=O)OC(C)(C)C. The van der Waals surface area contributed by atoms with Crippen LogP contribution in [0.25, 0.3) is 0 Å². The summed E-state index contributed by atoms with van der Waals surface area (Å²) < 4.78 is 5.39. The van der Waals surface area contributed by atoms with Gasteiger partial charge in [0.15, 0.2) is 0 Å². The first-order valence-corrected chi connectivity index (χ1v) is 6.38. The first-order chi connectivity index (χ1) is 7.31. The van der Waals surface area contributed by atoms with Crippen molar-refractivity contribution in [3.63, 3.8) is 0 Å². The summed E-state index contributed by atoms with van der Waals surface area (Å²) in [6.07, 6.45) is 2.93. The van der Waals surface area contributed by atoms with E-state index < -0.39 is 5.60 Å². The van der Waals surface area contributed by atoms with Gasteiger partial charge in [-0.3, -0.25) is 0 Å². The van der Waals surface area contributed by atoms with E-state index in [-0.39, 0.29) is 17.5 Å². The van der Waals surface area contributed by atoms with Gasteiger partial charge in [-0.25, -0.2) is 4.79 Å². The van der Waals surface area contributed by atoms with Gasteiger partial charge in [-0.05, 0) is 47.0 Å². The van der Waals surface area contributed by atoms with E-state index in [1.54, 1.807) is 4.90 Å². The highest BCUT2D eigenvalue weighted by molar-refractivity contribution is 6.20. The predicted molar refractivity (Wildman–Crippen MR) is 65.9 cm³/mol. The maximum atomic E-state index is 12.0. The van der Waals surface area contributed by atoms with Crippen LogP contribution in [0.2, 0.25) is 0 Å². The second kappa shape index (κ2) is 5.26. The summed E-state index contributed by atoms with van der Waals surface area (Å²) in [5.41, 5.74) is -0.436. The maximum Gasteiger partial charge on any atom is 0.410 e. The van der Waals surface area contributed by atoms with Gasteiger partial charge in [0.1, 0.15) is 5.60 Å². The van der Waals surface area contributed by atoms with Gasteiger partial charge in [-0.2, -0.15) is 0 Å². The average molecular weight is 248 g/mol. The van der Waals surface area contributed by atoms with Crippen molar-refractivity contribution in [1.29, 1.82) is 0 Å². The summed E-state index contributed by atoms with van der Waals surface area (Å²) in [5.74, 6) is 0. The fourth-order valence-electron chi connectivity index (χ4n) is 1.98. The molecule has 2 atom stereocenters. The predicted octanol–water partition coefficient (Wildman–Crippen LogP) is 3.40. The molecule has 0 radical (unpaired) electrons. The Kier molecular flexibility index (Phi) is 4.48. The lowest BCUT2D eigenvalue weighted by Gasteiger charge is -2.38. The smallest absolute Gasteiger partial charge is 0.410 e. The quantitative estimate of drug-likeness (QED) is 0.665. The number of alkyl halides is 1. The van der Waals surface area contributed by atoms with Crippen LogP contribution in [0.4, 0.5) is 4.79 Å². The number of likely N-dealkylation sites (tertiary alicyclic amines) is 1. The zero-order chi connectivity index (χ0) is 12.3. The number of halogens is 1. The van der Waals surface area contributed by atoms with Gasteiger partial charge < -0.3 is 9.64 Å². The fourth-order valence-corrected chi connectivity index (χ4v) is 2.24. The summed E-state index contributed by atoms with van der Waals surface area (Å²) in [5, 5.41) is -0.0205. The molecule has 1 rings (SSSR count). The number of piperidine rings is 1. The average Bonchev–Trinajstić information content (AvgIpc) is 2.15. The van der Waals surface area contributed by atoms with E-state index in [0.717, 1.165) is 25.8 Å². The normalized spacial score (nSPS) is 24.1. The van der Waals surface area contributed by atoms with E-state index in [0.29, 0.717) is 0 Å². The van der Waals surface area contributed by atoms with E-state index in [9.17, 15) is 4.79 Å². The molecule has 1 heterocycles. The topological polar surface area (TPSA) is 29.5 Å². The first-order valence-electron chi connectivity index (χ1n) is 5.95. The number of hydrogen-bond acceptors (Lipinski definition) is 2. The molecule has 3 nitrogen and oxygen atoms in total. The van der Waals surface area contributed by atoms with Crippen LogP contribution in [0.5, 0.6) is 0 Å². The Bertz CT molecular complexity index is 248. The molecular weight excluding hydrogens is 226 g/mol. The Labute approximate surface area is 103 Å². The molecule has 16 heavy (non-hydrogen) atoms. The van der Waals surface area contributed by atoms with Crippen LogP contribution in [0, 0.1) is 0 Å². The molecule has 0 aromatic rings. The minimum absolute atomic E-state index is 0.0205. The van der Waals surface area contributed by atoms with Gasteiger partial charge in [-0.1, -0.05) is 0 Å². The lowest BCUT2D eigenvalue weighted by Crippen LogP contribution is -2.49. The molecule has 1 fully saturated rings. The van der Waals surface area contributed by atoms with Crippen LogP contribution >= 0.6 is 11.6 Å². The van der Waals surface area contributed by atoms with Gasteiger partial charge in [0.2, 0.25) is 0 Å². The molecule has 0 spiro atoms. The zero-order valence-corrected chi connectivity index (χ0v) is 11.4. The highest BCUT2D eigenvalue weighted by Gasteiger charge is 2.32. The summed E-state index contributed by atoms with van der Waals surface area (Å²) in [7, 11) is 0. The van der Waals surface area contributed by atoms with Crippen LogP contribution in [0.15, 0.2) is 0 Å². The van der Waals surface area contributed by atoms with Crippen molar-refractivity contribution in [2.75, 3.05) is 6.54 Å². The molecule has 0 N–H and O–H groups in total. The van der Waals surface area contributed by atoms with Crippen molar-refractivity contribution in [2.45, 2.75) is 64.0 Å². The summed E-state index contributed by atoms with van der Waals surface area (Å²) in [6, 6.07) is 0.116. The fraction of sp³-hybridized carbons (Fsp3) is 0.917. The number of ether oxygens (including phenoxy) is 1. The van der Waals surface area contributed by atoms with Crippen molar-refractivity contribution < 1.29 is 9.53 Å². The summed E-state index contributed by atoms with van der Waals surface area (Å²) >= 11 is 6.12. The minimum atomic E-state index is -0.436. The van der Waals surface area contributed by atoms with E-state index in [2.05, 4.69) is 0 Å². The Morgan fingerprint density at radius 2 is 2.06 bits per heavy atom. The molecule has 1 aliphatic heterocycles. The second-order valence-electron chi connectivity index (χ2n) is 5.41. The third-order valence-corrected chi connectivity index (χ3v) is 3.00. The molecule has 1 amide bonds. The van der Waals surface area contributed by atoms with E-state index in [4.69, 9.17) is 16.3 Å². The van der Waals surface area contributed by atoms with Gasteiger partial charge in [0, 0.05) is 6.54 Å². The molecule has 0 aromatic heterocycles. The van der Waals surface area contributed by atoms with Gasteiger partial charge in [-0.15, -0.1) is 11.6 Å². The van der Waals surface area contributed by atoms with Gasteiger partial charge in [0.05, 0.1) is 11.4 Å². The standard InChI is InChI=1S/C12H22ClNO2/c1-9(13)10-7-5-6-8-14(10)11(15)16-12(2,3)4/h9-10H,5-8H2,1-4H3/t9-,10-/m1/s1. The number of nitrogens with zero attached hydrogens (tertiary/aromatic N) is 1. The molecule has 0 saturated carbocycles. The molecule has 94 valence electrons. The summed E-state index contributed by atoms with van der Waals surface area (Å²) in [4.78, 5) is 13.8. The van der Waals surface area contributed by atoms with Crippen molar-refractivity contribution in [3.05, 3.63) is 0 Å². The molecule has 0 aliphatic carbocycles. The monoisotopic (exact) mass is 247 g/mol. The molecule has 0 unspecified atom stereocenters. The minimum Gasteiger partial charge on any atom is -0.444 e. The third kappa shape index (κ3) is 3.85. The highest BCUT2D eigenvalue weighted by atomic mass is 35.5. The largest absolute Gasteiger partial charge is 0.444 e. The molecule has 1 aliphatic rings. The Morgan fingerprint density at radius 3 is 2.56 bits per heavy atom. The van der Waals surface area contributed by atoms with Crippen LogP contribution in [0.3, 0.4) is 0 Å². The number of rotatable bonds is 1. The number of carbonyl (C=O) groups is 1.